The van der Waals surface area contributed by atoms with Crippen molar-refractivity contribution < 1.29 is 14.3 Å². The molecule has 7 nitrogen and oxygen atoms in total. The van der Waals surface area contributed by atoms with Crippen LogP contribution in [0.1, 0.15) is 57.8 Å². The van der Waals surface area contributed by atoms with E-state index in [1.165, 1.54) is 0 Å². The largest absolute Gasteiger partial charge is 0.394 e. The second kappa shape index (κ2) is 7.62. The first-order chi connectivity index (χ1) is 15.1. The first-order valence-electron chi connectivity index (χ1n) is 12.6. The molecule has 31 heavy (non-hydrogen) atoms. The zero-order chi connectivity index (χ0) is 21.2. The summed E-state index contributed by atoms with van der Waals surface area (Å²) in [6.07, 6.45) is 7.61. The van der Waals surface area contributed by atoms with Gasteiger partial charge in [-0.15, -0.1) is 0 Å². The predicted molar refractivity (Wildman–Crippen MR) is 115 cm³/mol. The van der Waals surface area contributed by atoms with Gasteiger partial charge in [-0.2, -0.15) is 0 Å². The molecule has 174 valence electrons. The van der Waals surface area contributed by atoms with Crippen LogP contribution in [0.2, 0.25) is 0 Å². The van der Waals surface area contributed by atoms with Crippen LogP contribution in [0.5, 0.6) is 0 Å². The summed E-state index contributed by atoms with van der Waals surface area (Å²) in [5.41, 5.74) is 3.31. The van der Waals surface area contributed by atoms with Crippen LogP contribution in [-0.4, -0.2) is 72.2 Å². The molecule has 0 aromatic rings. The highest BCUT2D eigenvalue weighted by molar-refractivity contribution is 5.86. The first kappa shape index (κ1) is 20.8. The molecule has 1 amide bonds. The van der Waals surface area contributed by atoms with E-state index in [0.29, 0.717) is 30.6 Å². The van der Waals surface area contributed by atoms with Crippen molar-refractivity contribution in [3.05, 3.63) is 0 Å². The maximum atomic E-state index is 14.6. The summed E-state index contributed by atoms with van der Waals surface area (Å²) in [6, 6.07) is 0.375. The highest BCUT2D eigenvalue weighted by Crippen LogP contribution is 2.56. The van der Waals surface area contributed by atoms with Gasteiger partial charge in [0.1, 0.15) is 6.17 Å². The van der Waals surface area contributed by atoms with Crippen LogP contribution in [0.3, 0.4) is 0 Å². The average molecular weight is 436 g/mol. The third-order valence-electron chi connectivity index (χ3n) is 9.91. The van der Waals surface area contributed by atoms with Crippen molar-refractivity contribution >= 4 is 5.91 Å². The molecular weight excluding hydrogens is 397 g/mol. The Hall–Kier alpha value is -0.800. The number of nitrogens with one attached hydrogen (secondary N) is 4. The van der Waals surface area contributed by atoms with Crippen molar-refractivity contribution in [3.63, 3.8) is 0 Å². The predicted octanol–water partition coefficient (Wildman–Crippen LogP) is 0.648. The summed E-state index contributed by atoms with van der Waals surface area (Å²) in [6.45, 7) is 2.63. The number of hydrazine groups is 1. The van der Waals surface area contributed by atoms with Crippen LogP contribution in [0.4, 0.5) is 4.39 Å². The fourth-order valence-electron chi connectivity index (χ4n) is 8.47. The molecule has 8 unspecified atom stereocenters. The number of hydrogen-bond acceptors (Lipinski definition) is 6. The molecule has 0 aromatic carbocycles. The van der Waals surface area contributed by atoms with Gasteiger partial charge in [0.05, 0.1) is 23.7 Å². The van der Waals surface area contributed by atoms with Gasteiger partial charge in [0.25, 0.3) is 0 Å². The van der Waals surface area contributed by atoms with Crippen LogP contribution in [0.25, 0.3) is 0 Å². The fraction of sp³-hybridized carbons (Fsp3) is 0.957. The lowest BCUT2D eigenvalue weighted by atomic mass is 9.62. The fourth-order valence-corrected chi connectivity index (χ4v) is 8.47. The van der Waals surface area contributed by atoms with Gasteiger partial charge >= 0.3 is 0 Å². The molecule has 4 heterocycles. The Morgan fingerprint density at radius 2 is 1.94 bits per heavy atom. The molecule has 8 heteroatoms. The van der Waals surface area contributed by atoms with Gasteiger partial charge in [-0.25, -0.2) is 9.40 Å². The van der Waals surface area contributed by atoms with E-state index in [2.05, 4.69) is 26.4 Å². The number of alkyl halides is 1. The van der Waals surface area contributed by atoms with Gasteiger partial charge in [0.2, 0.25) is 5.91 Å². The van der Waals surface area contributed by atoms with Crippen LogP contribution in [0, 0.1) is 23.2 Å². The SMILES string of the molecule is O=C1NC2NCCC(C3NN(C4(CO)CCNC4)C4CC(F)CCC34)C2C12CCCC2. The minimum atomic E-state index is -0.758. The molecular formula is C23H38FN5O2. The minimum Gasteiger partial charge on any atom is -0.394 e. The number of aliphatic hydroxyl groups excluding tert-OH is 1. The lowest BCUT2D eigenvalue weighted by Gasteiger charge is -2.45. The van der Waals surface area contributed by atoms with Crippen molar-refractivity contribution in [3.8, 4) is 0 Å². The quantitative estimate of drug-likeness (QED) is 0.447. The van der Waals surface area contributed by atoms with Crippen LogP contribution in [0.15, 0.2) is 0 Å². The molecule has 0 radical (unpaired) electrons. The van der Waals surface area contributed by atoms with Gasteiger partial charge in [-0.1, -0.05) is 12.8 Å². The monoisotopic (exact) mass is 435 g/mol. The number of piperidine rings is 1. The normalized spacial score (nSPS) is 49.4. The molecule has 6 rings (SSSR count). The van der Waals surface area contributed by atoms with Crippen LogP contribution >= 0.6 is 0 Å². The maximum absolute atomic E-state index is 14.6. The topological polar surface area (TPSA) is 88.7 Å². The molecule has 2 aliphatic carbocycles. The van der Waals surface area contributed by atoms with Crippen molar-refractivity contribution in [2.45, 2.75) is 87.7 Å². The highest BCUT2D eigenvalue weighted by Gasteiger charge is 2.63. The van der Waals surface area contributed by atoms with E-state index in [4.69, 9.17) is 0 Å². The zero-order valence-corrected chi connectivity index (χ0v) is 18.4. The van der Waals surface area contributed by atoms with Crippen molar-refractivity contribution in [1.82, 2.24) is 26.4 Å². The molecule has 4 aliphatic heterocycles. The standard InChI is InChI=1S/C23H38FN5O2/c24-14-3-4-15-17(11-14)29(22(13-30)8-10-25-12-22)28-19(15)16-5-9-26-20-18(16)23(21(31)27-20)6-1-2-7-23/h14-20,25-26,28,30H,1-13H2,(H,27,31). The molecule has 8 atom stereocenters. The number of carbonyl (C=O) groups is 1. The Kier molecular flexibility index (Phi) is 5.11. The Bertz CT molecular complexity index is 710. The van der Waals surface area contributed by atoms with E-state index in [1.807, 2.05) is 0 Å². The van der Waals surface area contributed by atoms with Crippen molar-refractivity contribution in [1.29, 1.82) is 0 Å². The maximum Gasteiger partial charge on any atom is 0.227 e. The average Bonchev–Trinajstić information content (AvgIpc) is 3.55. The molecule has 2 saturated carbocycles. The van der Waals surface area contributed by atoms with Crippen molar-refractivity contribution in [2.24, 2.45) is 23.2 Å². The van der Waals surface area contributed by atoms with E-state index >= 15 is 0 Å². The lowest BCUT2D eigenvalue weighted by Crippen LogP contribution is -2.62. The van der Waals surface area contributed by atoms with Gasteiger partial charge in [0.15, 0.2) is 0 Å². The van der Waals surface area contributed by atoms with E-state index in [0.717, 1.165) is 64.6 Å². The summed E-state index contributed by atoms with van der Waals surface area (Å²) < 4.78 is 14.6. The van der Waals surface area contributed by atoms with Gasteiger partial charge in [0, 0.05) is 24.5 Å². The molecule has 6 aliphatic rings. The van der Waals surface area contributed by atoms with Gasteiger partial charge in [-0.3, -0.25) is 15.5 Å². The van der Waals surface area contributed by atoms with E-state index in [-0.39, 0.29) is 41.7 Å². The number of hydrogen-bond donors (Lipinski definition) is 5. The third kappa shape index (κ3) is 2.98. The number of nitrogens with zero attached hydrogens (tertiary/aromatic N) is 1. The summed E-state index contributed by atoms with van der Waals surface area (Å²) in [5.74, 6) is 1.32. The number of amides is 1. The second-order valence-electron chi connectivity index (χ2n) is 11.2. The van der Waals surface area contributed by atoms with Crippen LogP contribution < -0.4 is 21.4 Å². The number of fused-ring (bicyclic) bond motifs is 3. The van der Waals surface area contributed by atoms with Crippen LogP contribution in [-0.2, 0) is 4.79 Å². The molecule has 5 N–H and O–H groups in total. The Morgan fingerprint density at radius 3 is 2.68 bits per heavy atom. The molecule has 0 aromatic heterocycles. The number of halogens is 1. The minimum absolute atomic E-state index is 0.0658. The molecule has 6 fully saturated rings. The summed E-state index contributed by atoms with van der Waals surface area (Å²) in [5, 5.41) is 23.0. The van der Waals surface area contributed by atoms with Gasteiger partial charge < -0.3 is 15.7 Å². The second-order valence-corrected chi connectivity index (χ2v) is 11.2. The lowest BCUT2D eigenvalue weighted by molar-refractivity contribution is -0.129. The summed E-state index contributed by atoms with van der Waals surface area (Å²) in [4.78, 5) is 13.1. The number of carbonyl (C=O) groups excluding carboxylic acids is 1. The van der Waals surface area contributed by atoms with Gasteiger partial charge in [-0.05, 0) is 69.9 Å². The smallest absolute Gasteiger partial charge is 0.227 e. The summed E-state index contributed by atoms with van der Waals surface area (Å²) >= 11 is 0. The van der Waals surface area contributed by atoms with Crippen molar-refractivity contribution in [2.75, 3.05) is 26.2 Å². The molecule has 0 bridgehead atoms. The number of rotatable bonds is 3. The molecule has 1 spiro atoms. The molecule has 4 saturated heterocycles. The Balaban J connectivity index is 1.34. The zero-order valence-electron chi connectivity index (χ0n) is 18.4. The van der Waals surface area contributed by atoms with E-state index in [1.54, 1.807) is 0 Å². The van der Waals surface area contributed by atoms with E-state index in [9.17, 15) is 14.3 Å². The Labute approximate surface area is 184 Å². The first-order valence-corrected chi connectivity index (χ1v) is 12.6. The number of aliphatic hydroxyl groups is 1. The highest BCUT2D eigenvalue weighted by atomic mass is 19.1. The third-order valence-corrected chi connectivity index (χ3v) is 9.91. The van der Waals surface area contributed by atoms with E-state index < -0.39 is 6.17 Å². The Morgan fingerprint density at radius 1 is 1.10 bits per heavy atom. The summed E-state index contributed by atoms with van der Waals surface area (Å²) in [7, 11) is 0.